The SMILES string of the molecule is NC(=NCCc1cscn1)C1CCCC1. The van der Waals surface area contributed by atoms with Crippen LogP contribution in [0.1, 0.15) is 31.4 Å². The third kappa shape index (κ3) is 3.02. The molecule has 1 heterocycles. The van der Waals surface area contributed by atoms with Gasteiger partial charge in [-0.15, -0.1) is 11.3 Å². The molecule has 1 aromatic rings. The Kier molecular flexibility index (Phi) is 3.72. The molecule has 1 aromatic heterocycles. The van der Waals surface area contributed by atoms with Gasteiger partial charge in [-0.3, -0.25) is 4.99 Å². The van der Waals surface area contributed by atoms with E-state index in [2.05, 4.69) is 15.4 Å². The van der Waals surface area contributed by atoms with E-state index in [1.807, 2.05) is 5.51 Å². The maximum Gasteiger partial charge on any atom is 0.0968 e. The maximum atomic E-state index is 5.95. The zero-order chi connectivity index (χ0) is 10.5. The molecule has 2 N–H and O–H groups in total. The van der Waals surface area contributed by atoms with Gasteiger partial charge in [0.05, 0.1) is 17.0 Å². The zero-order valence-corrected chi connectivity index (χ0v) is 9.67. The molecular formula is C11H17N3S. The Labute approximate surface area is 94.4 Å². The van der Waals surface area contributed by atoms with Crippen LogP contribution in [0.15, 0.2) is 15.9 Å². The molecule has 3 nitrogen and oxygen atoms in total. The topological polar surface area (TPSA) is 51.3 Å². The Morgan fingerprint density at radius 2 is 2.33 bits per heavy atom. The number of hydrogen-bond donors (Lipinski definition) is 1. The van der Waals surface area contributed by atoms with Gasteiger partial charge in [0.1, 0.15) is 0 Å². The first-order valence-electron chi connectivity index (χ1n) is 5.53. The molecule has 0 aromatic carbocycles. The molecule has 1 saturated carbocycles. The highest BCUT2D eigenvalue weighted by Gasteiger charge is 2.17. The van der Waals surface area contributed by atoms with Gasteiger partial charge < -0.3 is 5.73 Å². The molecule has 1 aliphatic rings. The van der Waals surface area contributed by atoms with E-state index >= 15 is 0 Å². The highest BCUT2D eigenvalue weighted by Crippen LogP contribution is 2.24. The largest absolute Gasteiger partial charge is 0.387 e. The van der Waals surface area contributed by atoms with Crippen LogP contribution in [0.3, 0.4) is 0 Å². The van der Waals surface area contributed by atoms with Crippen molar-refractivity contribution in [3.05, 3.63) is 16.6 Å². The number of nitrogens with zero attached hydrogens (tertiary/aromatic N) is 2. The van der Waals surface area contributed by atoms with Gasteiger partial charge in [-0.05, 0) is 12.8 Å². The second-order valence-corrected chi connectivity index (χ2v) is 4.74. The van der Waals surface area contributed by atoms with E-state index in [0.29, 0.717) is 5.92 Å². The molecule has 0 atom stereocenters. The van der Waals surface area contributed by atoms with Crippen molar-refractivity contribution >= 4 is 17.2 Å². The van der Waals surface area contributed by atoms with Crippen LogP contribution in [0.2, 0.25) is 0 Å². The lowest BCUT2D eigenvalue weighted by atomic mass is 10.1. The average Bonchev–Trinajstić information content (AvgIpc) is 2.90. The summed E-state index contributed by atoms with van der Waals surface area (Å²) in [5.41, 5.74) is 8.94. The number of hydrogen-bond acceptors (Lipinski definition) is 3. The average molecular weight is 223 g/mol. The Balaban J connectivity index is 1.78. The lowest BCUT2D eigenvalue weighted by Gasteiger charge is -2.07. The van der Waals surface area contributed by atoms with E-state index in [0.717, 1.165) is 24.5 Å². The molecule has 0 aliphatic heterocycles. The molecule has 1 fully saturated rings. The summed E-state index contributed by atoms with van der Waals surface area (Å²) in [6.45, 7) is 0.784. The van der Waals surface area contributed by atoms with Crippen LogP contribution in [0.4, 0.5) is 0 Å². The van der Waals surface area contributed by atoms with Crippen molar-refractivity contribution in [2.75, 3.05) is 6.54 Å². The second kappa shape index (κ2) is 5.26. The van der Waals surface area contributed by atoms with Crippen molar-refractivity contribution in [3.63, 3.8) is 0 Å². The zero-order valence-electron chi connectivity index (χ0n) is 8.85. The van der Waals surface area contributed by atoms with E-state index in [9.17, 15) is 0 Å². The molecule has 0 amide bonds. The number of rotatable bonds is 4. The molecule has 15 heavy (non-hydrogen) atoms. The van der Waals surface area contributed by atoms with Gasteiger partial charge >= 0.3 is 0 Å². The standard InChI is InChI=1S/C11H17N3S/c12-11(9-3-1-2-4-9)13-6-5-10-7-15-8-14-10/h7-9H,1-6H2,(H2,12,13). The molecule has 2 rings (SSSR count). The van der Waals surface area contributed by atoms with Gasteiger partial charge in [0.2, 0.25) is 0 Å². The summed E-state index contributed by atoms with van der Waals surface area (Å²) >= 11 is 1.63. The van der Waals surface area contributed by atoms with Crippen molar-refractivity contribution in [3.8, 4) is 0 Å². The van der Waals surface area contributed by atoms with Crippen LogP contribution >= 0.6 is 11.3 Å². The molecule has 0 spiro atoms. The smallest absolute Gasteiger partial charge is 0.0968 e. The van der Waals surface area contributed by atoms with E-state index in [-0.39, 0.29) is 0 Å². The maximum absolute atomic E-state index is 5.95. The summed E-state index contributed by atoms with van der Waals surface area (Å²) in [7, 11) is 0. The van der Waals surface area contributed by atoms with Gasteiger partial charge in [0, 0.05) is 24.3 Å². The van der Waals surface area contributed by atoms with Crippen LogP contribution in [-0.4, -0.2) is 17.4 Å². The number of aliphatic imine (C=N–C) groups is 1. The molecule has 82 valence electrons. The fourth-order valence-electron chi connectivity index (χ4n) is 2.01. The molecule has 0 saturated heterocycles. The normalized spacial score (nSPS) is 18.5. The molecule has 0 bridgehead atoms. The van der Waals surface area contributed by atoms with Crippen LogP contribution in [0.25, 0.3) is 0 Å². The van der Waals surface area contributed by atoms with Gasteiger partial charge in [-0.25, -0.2) is 4.98 Å². The summed E-state index contributed by atoms with van der Waals surface area (Å²) in [5.74, 6) is 1.42. The minimum Gasteiger partial charge on any atom is -0.387 e. The van der Waals surface area contributed by atoms with Crippen LogP contribution in [-0.2, 0) is 6.42 Å². The predicted octanol–water partition coefficient (Wildman–Crippen LogP) is 2.23. The first-order chi connectivity index (χ1) is 7.36. The van der Waals surface area contributed by atoms with Crippen molar-refractivity contribution in [1.29, 1.82) is 0 Å². The van der Waals surface area contributed by atoms with Gasteiger partial charge in [0.15, 0.2) is 0 Å². The summed E-state index contributed by atoms with van der Waals surface area (Å²) in [6, 6.07) is 0. The van der Waals surface area contributed by atoms with Crippen molar-refractivity contribution < 1.29 is 0 Å². The van der Waals surface area contributed by atoms with Crippen molar-refractivity contribution in [2.45, 2.75) is 32.1 Å². The van der Waals surface area contributed by atoms with Crippen LogP contribution in [0, 0.1) is 5.92 Å². The monoisotopic (exact) mass is 223 g/mol. The Morgan fingerprint density at radius 3 is 3.00 bits per heavy atom. The van der Waals surface area contributed by atoms with Crippen LogP contribution < -0.4 is 5.73 Å². The first-order valence-corrected chi connectivity index (χ1v) is 6.47. The van der Waals surface area contributed by atoms with E-state index in [1.54, 1.807) is 11.3 Å². The summed E-state index contributed by atoms with van der Waals surface area (Å²) < 4.78 is 0. The summed E-state index contributed by atoms with van der Waals surface area (Å²) in [5, 5.41) is 2.07. The molecular weight excluding hydrogens is 206 g/mol. The minimum atomic E-state index is 0.556. The number of thiazole rings is 1. The van der Waals surface area contributed by atoms with Gasteiger partial charge in [0.25, 0.3) is 0 Å². The summed E-state index contributed by atoms with van der Waals surface area (Å²) in [6.07, 6.45) is 5.99. The van der Waals surface area contributed by atoms with Crippen molar-refractivity contribution in [1.82, 2.24) is 4.98 Å². The number of amidine groups is 1. The van der Waals surface area contributed by atoms with Gasteiger partial charge in [-0.1, -0.05) is 12.8 Å². The minimum absolute atomic E-state index is 0.556. The quantitative estimate of drug-likeness (QED) is 0.628. The highest BCUT2D eigenvalue weighted by atomic mass is 32.1. The lowest BCUT2D eigenvalue weighted by molar-refractivity contribution is 0.714. The number of aromatic nitrogens is 1. The van der Waals surface area contributed by atoms with Crippen LogP contribution in [0.5, 0.6) is 0 Å². The second-order valence-electron chi connectivity index (χ2n) is 4.02. The Bertz CT molecular complexity index is 313. The molecule has 0 unspecified atom stereocenters. The number of nitrogens with two attached hydrogens (primary N) is 1. The van der Waals surface area contributed by atoms with E-state index in [4.69, 9.17) is 5.73 Å². The van der Waals surface area contributed by atoms with E-state index in [1.165, 1.54) is 25.7 Å². The molecule has 0 radical (unpaired) electrons. The van der Waals surface area contributed by atoms with Crippen molar-refractivity contribution in [2.24, 2.45) is 16.6 Å². The first kappa shape index (κ1) is 10.6. The predicted molar refractivity (Wildman–Crippen MR) is 64.3 cm³/mol. The van der Waals surface area contributed by atoms with E-state index < -0.39 is 0 Å². The summed E-state index contributed by atoms with van der Waals surface area (Å²) in [4.78, 5) is 8.66. The third-order valence-corrected chi connectivity index (χ3v) is 3.55. The fourth-order valence-corrected chi connectivity index (χ4v) is 2.60. The third-order valence-electron chi connectivity index (χ3n) is 2.92. The Hall–Kier alpha value is -0.900. The lowest BCUT2D eigenvalue weighted by Crippen LogP contribution is -2.21. The highest BCUT2D eigenvalue weighted by molar-refractivity contribution is 7.07. The Morgan fingerprint density at radius 1 is 1.53 bits per heavy atom. The fraction of sp³-hybridized carbons (Fsp3) is 0.636. The molecule has 4 heteroatoms. The molecule has 1 aliphatic carbocycles. The van der Waals surface area contributed by atoms with Gasteiger partial charge in [-0.2, -0.15) is 0 Å².